The maximum atomic E-state index is 10.3. The molecule has 0 aromatic rings. The van der Waals surface area contributed by atoms with Gasteiger partial charge in [0, 0.05) is 0 Å². The minimum atomic E-state index is -0.782. The molecular formula is C6H12O4. The summed E-state index contributed by atoms with van der Waals surface area (Å²) < 4.78 is 0. The molecule has 0 bridgehead atoms. The molecule has 0 aromatic carbocycles. The average Bonchev–Trinajstić information content (AvgIpc) is 1.81. The summed E-state index contributed by atoms with van der Waals surface area (Å²) in [6.07, 6.45) is 0. The van der Waals surface area contributed by atoms with Crippen molar-refractivity contribution in [3.63, 3.8) is 0 Å². The first kappa shape index (κ1) is 9.39. The van der Waals surface area contributed by atoms with Crippen molar-refractivity contribution < 1.29 is 19.7 Å². The summed E-state index contributed by atoms with van der Waals surface area (Å²) in [5.74, 6) is -0.782. The Bertz CT molecular complexity index is 113. The molecule has 0 amide bonds. The molecular weight excluding hydrogens is 136 g/mol. The minimum Gasteiger partial charge on any atom is -0.385 e. The number of carbonyl (C=O) groups is 1. The Kier molecular flexibility index (Phi) is 3.32. The molecule has 0 radical (unpaired) electrons. The summed E-state index contributed by atoms with van der Waals surface area (Å²) in [7, 11) is 0. The van der Waals surface area contributed by atoms with Gasteiger partial charge < -0.3 is 5.11 Å². The summed E-state index contributed by atoms with van der Waals surface area (Å²) in [5, 5.41) is 8.18. The van der Waals surface area contributed by atoms with Crippen molar-refractivity contribution >= 4 is 5.97 Å². The third kappa shape index (κ3) is 5.53. The fraction of sp³-hybridized carbons (Fsp3) is 0.833. The van der Waals surface area contributed by atoms with Crippen LogP contribution in [0.4, 0.5) is 0 Å². The van der Waals surface area contributed by atoms with E-state index in [1.807, 2.05) is 0 Å². The first-order valence-electron chi connectivity index (χ1n) is 2.95. The van der Waals surface area contributed by atoms with Crippen LogP contribution in [-0.2, 0) is 14.6 Å². The number of rotatable bonds is 2. The van der Waals surface area contributed by atoms with Crippen molar-refractivity contribution in [3.05, 3.63) is 0 Å². The predicted octanol–water partition coefficient (Wildman–Crippen LogP) is 0.252. The second-order valence-corrected chi connectivity index (χ2v) is 2.81. The number of hydrogen-bond donors (Lipinski definition) is 1. The largest absolute Gasteiger partial charge is 0.385 e. The molecule has 60 valence electrons. The molecule has 0 aliphatic heterocycles. The van der Waals surface area contributed by atoms with Gasteiger partial charge >= 0.3 is 5.97 Å². The van der Waals surface area contributed by atoms with Gasteiger partial charge in [-0.1, -0.05) is 0 Å². The normalized spacial score (nSPS) is 11.2. The SMILES string of the molecule is CC(C)(C)OOC(=O)CO. The molecule has 0 heterocycles. The van der Waals surface area contributed by atoms with Crippen LogP contribution in [0.15, 0.2) is 0 Å². The van der Waals surface area contributed by atoms with Crippen LogP contribution < -0.4 is 0 Å². The van der Waals surface area contributed by atoms with Crippen LogP contribution in [0.1, 0.15) is 20.8 Å². The Labute approximate surface area is 59.7 Å². The summed E-state index contributed by atoms with van der Waals surface area (Å²) in [6.45, 7) is 4.54. The third-order valence-electron chi connectivity index (χ3n) is 0.514. The third-order valence-corrected chi connectivity index (χ3v) is 0.514. The van der Waals surface area contributed by atoms with Crippen LogP contribution in [-0.4, -0.2) is 23.3 Å². The number of hydrogen-bond acceptors (Lipinski definition) is 4. The Morgan fingerprint density at radius 1 is 1.50 bits per heavy atom. The van der Waals surface area contributed by atoms with Crippen LogP contribution >= 0.6 is 0 Å². The van der Waals surface area contributed by atoms with Gasteiger partial charge in [0.05, 0.1) is 0 Å². The molecule has 0 saturated carbocycles. The highest BCUT2D eigenvalue weighted by Crippen LogP contribution is 2.06. The zero-order chi connectivity index (χ0) is 8.20. The molecule has 0 aliphatic rings. The molecule has 0 spiro atoms. The summed E-state index contributed by atoms with van der Waals surface area (Å²) in [4.78, 5) is 19.0. The van der Waals surface area contributed by atoms with Gasteiger partial charge in [-0.05, 0) is 20.8 Å². The molecule has 0 fully saturated rings. The lowest BCUT2D eigenvalue weighted by Crippen LogP contribution is -2.22. The predicted molar refractivity (Wildman–Crippen MR) is 34.0 cm³/mol. The van der Waals surface area contributed by atoms with Gasteiger partial charge in [-0.2, -0.15) is 4.89 Å². The summed E-state index contributed by atoms with van der Waals surface area (Å²) >= 11 is 0. The Balaban J connectivity index is 3.46. The molecule has 4 heteroatoms. The quantitative estimate of drug-likeness (QED) is 0.450. The van der Waals surface area contributed by atoms with E-state index in [1.54, 1.807) is 20.8 Å². The maximum absolute atomic E-state index is 10.3. The maximum Gasteiger partial charge on any atom is 0.367 e. The van der Waals surface area contributed by atoms with Crippen LogP contribution in [0.3, 0.4) is 0 Å². The van der Waals surface area contributed by atoms with Crippen molar-refractivity contribution in [2.24, 2.45) is 0 Å². The van der Waals surface area contributed by atoms with E-state index in [9.17, 15) is 4.79 Å². The smallest absolute Gasteiger partial charge is 0.367 e. The van der Waals surface area contributed by atoms with Gasteiger partial charge in [-0.15, -0.1) is 0 Å². The lowest BCUT2D eigenvalue weighted by molar-refractivity contribution is -0.321. The van der Waals surface area contributed by atoms with Gasteiger partial charge in [0.1, 0.15) is 12.2 Å². The average molecular weight is 148 g/mol. The molecule has 0 aliphatic carbocycles. The molecule has 0 unspecified atom stereocenters. The van der Waals surface area contributed by atoms with E-state index in [4.69, 9.17) is 5.11 Å². The molecule has 10 heavy (non-hydrogen) atoms. The van der Waals surface area contributed by atoms with Crippen LogP contribution in [0.2, 0.25) is 0 Å². The van der Waals surface area contributed by atoms with E-state index < -0.39 is 18.2 Å². The lowest BCUT2D eigenvalue weighted by Gasteiger charge is -2.15. The van der Waals surface area contributed by atoms with Crippen LogP contribution in [0, 0.1) is 0 Å². The van der Waals surface area contributed by atoms with E-state index in [0.717, 1.165) is 0 Å². The van der Waals surface area contributed by atoms with Crippen molar-refractivity contribution in [2.75, 3.05) is 6.61 Å². The lowest BCUT2D eigenvalue weighted by atomic mass is 10.2. The van der Waals surface area contributed by atoms with Crippen LogP contribution in [0.5, 0.6) is 0 Å². The fourth-order valence-corrected chi connectivity index (χ4v) is 0.198. The second kappa shape index (κ2) is 3.53. The molecule has 0 saturated heterocycles. The van der Waals surface area contributed by atoms with E-state index in [-0.39, 0.29) is 0 Å². The molecule has 0 rings (SSSR count). The molecule has 0 atom stereocenters. The highest BCUT2D eigenvalue weighted by molar-refractivity contribution is 5.69. The number of aliphatic hydroxyl groups is 1. The number of carbonyl (C=O) groups excluding carboxylic acids is 1. The summed E-state index contributed by atoms with van der Waals surface area (Å²) in [5.41, 5.74) is -0.523. The van der Waals surface area contributed by atoms with Crippen molar-refractivity contribution in [2.45, 2.75) is 26.4 Å². The fourth-order valence-electron chi connectivity index (χ4n) is 0.198. The zero-order valence-corrected chi connectivity index (χ0v) is 6.38. The van der Waals surface area contributed by atoms with Crippen molar-refractivity contribution in [3.8, 4) is 0 Å². The van der Waals surface area contributed by atoms with E-state index in [1.165, 1.54) is 0 Å². The number of aliphatic hydroxyl groups excluding tert-OH is 1. The first-order chi connectivity index (χ1) is 4.45. The molecule has 0 aromatic heterocycles. The standard InChI is InChI=1S/C6H12O4/c1-6(2,3)10-9-5(8)4-7/h7H,4H2,1-3H3. The second-order valence-electron chi connectivity index (χ2n) is 2.81. The Morgan fingerprint density at radius 3 is 2.30 bits per heavy atom. The minimum absolute atomic E-state index is 0.523. The van der Waals surface area contributed by atoms with Gasteiger partial charge in [-0.25, -0.2) is 4.79 Å². The van der Waals surface area contributed by atoms with E-state index in [0.29, 0.717) is 0 Å². The molecule has 1 N–H and O–H groups in total. The topological polar surface area (TPSA) is 55.8 Å². The van der Waals surface area contributed by atoms with Gasteiger partial charge in [0.2, 0.25) is 0 Å². The van der Waals surface area contributed by atoms with Crippen molar-refractivity contribution in [1.82, 2.24) is 0 Å². The highest BCUT2D eigenvalue weighted by Gasteiger charge is 2.14. The van der Waals surface area contributed by atoms with E-state index in [2.05, 4.69) is 9.78 Å². The highest BCUT2D eigenvalue weighted by atomic mass is 17.2. The molecule has 4 nitrogen and oxygen atoms in total. The van der Waals surface area contributed by atoms with Gasteiger partial charge in [0.25, 0.3) is 0 Å². The van der Waals surface area contributed by atoms with Crippen molar-refractivity contribution in [1.29, 1.82) is 0 Å². The van der Waals surface area contributed by atoms with Gasteiger partial charge in [-0.3, -0.25) is 4.89 Å². The first-order valence-corrected chi connectivity index (χ1v) is 2.95. The van der Waals surface area contributed by atoms with Crippen LogP contribution in [0.25, 0.3) is 0 Å². The van der Waals surface area contributed by atoms with E-state index >= 15 is 0 Å². The Morgan fingerprint density at radius 2 is 2.00 bits per heavy atom. The monoisotopic (exact) mass is 148 g/mol. The summed E-state index contributed by atoms with van der Waals surface area (Å²) in [6, 6.07) is 0. The van der Waals surface area contributed by atoms with Gasteiger partial charge in [0.15, 0.2) is 0 Å². The Hall–Kier alpha value is -0.610. The zero-order valence-electron chi connectivity index (χ0n) is 6.38.